The second kappa shape index (κ2) is 7.20. The molecule has 0 aromatic carbocycles. The average molecular weight is 258 g/mol. The first kappa shape index (κ1) is 14.8. The molecular weight excluding hydrogens is 236 g/mol. The van der Waals surface area contributed by atoms with Gasteiger partial charge in [-0.05, 0) is 32.6 Å². The number of hydrogen-bond acceptors (Lipinski definition) is 3. The van der Waals surface area contributed by atoms with Crippen molar-refractivity contribution < 1.29 is 19.4 Å². The van der Waals surface area contributed by atoms with E-state index in [0.717, 1.165) is 26.1 Å². The molecule has 1 fully saturated rings. The molecule has 0 spiro atoms. The first-order valence-corrected chi connectivity index (χ1v) is 6.39. The van der Waals surface area contributed by atoms with Gasteiger partial charge in [0.2, 0.25) is 0 Å². The third-order valence-corrected chi connectivity index (χ3v) is 3.32. The molecule has 0 bridgehead atoms. The number of rotatable bonds is 5. The minimum atomic E-state index is -0.995. The van der Waals surface area contributed by atoms with E-state index in [4.69, 9.17) is 9.84 Å². The largest absolute Gasteiger partial charge is 0.480 e. The van der Waals surface area contributed by atoms with Crippen LogP contribution in [0.25, 0.3) is 0 Å². The molecule has 1 rings (SSSR count). The smallest absolute Gasteiger partial charge is 0.323 e. The maximum atomic E-state index is 11.9. The number of carbonyl (C=O) groups excluding carboxylic acids is 1. The van der Waals surface area contributed by atoms with Crippen molar-refractivity contribution in [3.8, 4) is 0 Å². The van der Waals surface area contributed by atoms with E-state index >= 15 is 0 Å². The zero-order chi connectivity index (χ0) is 13.5. The Labute approximate surface area is 107 Å². The average Bonchev–Trinajstić information content (AvgIpc) is 2.36. The Bertz CT molecular complexity index is 290. The number of likely N-dealkylation sites (N-methyl/N-ethyl adjacent to an activating group) is 1. The zero-order valence-corrected chi connectivity index (χ0v) is 11.0. The molecule has 1 heterocycles. The highest BCUT2D eigenvalue weighted by molar-refractivity contribution is 5.80. The van der Waals surface area contributed by atoms with Crippen LogP contribution in [0.3, 0.4) is 0 Å². The van der Waals surface area contributed by atoms with Crippen molar-refractivity contribution >= 4 is 12.0 Å². The predicted octanol–water partition coefficient (Wildman–Crippen LogP) is 0.918. The van der Waals surface area contributed by atoms with Crippen molar-refractivity contribution in [1.29, 1.82) is 0 Å². The highest BCUT2D eigenvalue weighted by Crippen LogP contribution is 2.18. The number of ether oxygens (including phenoxy) is 1. The van der Waals surface area contributed by atoms with Crippen molar-refractivity contribution in [3.63, 3.8) is 0 Å². The molecule has 0 aromatic heterocycles. The van der Waals surface area contributed by atoms with Gasteiger partial charge in [-0.15, -0.1) is 0 Å². The minimum absolute atomic E-state index is 0.0456. The van der Waals surface area contributed by atoms with E-state index in [1.165, 1.54) is 4.90 Å². The number of nitrogens with zero attached hydrogens (tertiary/aromatic N) is 1. The number of urea groups is 1. The summed E-state index contributed by atoms with van der Waals surface area (Å²) in [6, 6.07) is -0.261. The Kier molecular flexibility index (Phi) is 5.91. The lowest BCUT2D eigenvalue weighted by molar-refractivity contribution is -0.137. The Balaban J connectivity index is 2.43. The summed E-state index contributed by atoms with van der Waals surface area (Å²) in [5, 5.41) is 11.6. The molecule has 6 heteroatoms. The standard InChI is InChI=1S/C12H22N2O4/c1-3-14(8-11(15)16)12(17)13-9(2)10-4-6-18-7-5-10/h9-10H,3-8H2,1-2H3,(H,13,17)(H,15,16). The number of carbonyl (C=O) groups is 2. The van der Waals surface area contributed by atoms with Gasteiger partial charge in [0.1, 0.15) is 6.54 Å². The number of amides is 2. The van der Waals surface area contributed by atoms with E-state index in [-0.39, 0.29) is 18.6 Å². The van der Waals surface area contributed by atoms with Crippen LogP contribution in [-0.2, 0) is 9.53 Å². The molecular formula is C12H22N2O4. The van der Waals surface area contributed by atoms with Gasteiger partial charge in [-0.2, -0.15) is 0 Å². The van der Waals surface area contributed by atoms with Crippen LogP contribution < -0.4 is 5.32 Å². The lowest BCUT2D eigenvalue weighted by Crippen LogP contribution is -2.48. The maximum Gasteiger partial charge on any atom is 0.323 e. The SMILES string of the molecule is CCN(CC(=O)O)C(=O)NC(C)C1CCOCC1. The van der Waals surface area contributed by atoms with Gasteiger partial charge in [0.05, 0.1) is 0 Å². The van der Waals surface area contributed by atoms with Crippen LogP contribution in [-0.4, -0.2) is 54.4 Å². The number of carboxylic acid groups (broad SMARTS) is 1. The van der Waals surface area contributed by atoms with Gasteiger partial charge in [0.15, 0.2) is 0 Å². The fraction of sp³-hybridized carbons (Fsp3) is 0.833. The second-order valence-corrected chi connectivity index (χ2v) is 4.60. The summed E-state index contributed by atoms with van der Waals surface area (Å²) in [5.74, 6) is -0.586. The van der Waals surface area contributed by atoms with Crippen LogP contribution >= 0.6 is 0 Å². The van der Waals surface area contributed by atoms with Crippen LogP contribution in [0.4, 0.5) is 4.79 Å². The van der Waals surface area contributed by atoms with Gasteiger partial charge in [0.25, 0.3) is 0 Å². The molecule has 2 amide bonds. The number of carboxylic acids is 1. The fourth-order valence-corrected chi connectivity index (χ4v) is 2.11. The number of hydrogen-bond donors (Lipinski definition) is 2. The molecule has 1 saturated heterocycles. The van der Waals surface area contributed by atoms with Gasteiger partial charge in [-0.25, -0.2) is 4.79 Å². The summed E-state index contributed by atoms with van der Waals surface area (Å²) in [5.41, 5.74) is 0. The molecule has 0 radical (unpaired) electrons. The molecule has 0 aromatic rings. The minimum Gasteiger partial charge on any atom is -0.480 e. The topological polar surface area (TPSA) is 78.9 Å². The molecule has 0 aliphatic carbocycles. The summed E-state index contributed by atoms with van der Waals surface area (Å²) >= 11 is 0. The molecule has 18 heavy (non-hydrogen) atoms. The highest BCUT2D eigenvalue weighted by atomic mass is 16.5. The number of aliphatic carboxylic acids is 1. The van der Waals surface area contributed by atoms with Crippen LogP contribution in [0.5, 0.6) is 0 Å². The quantitative estimate of drug-likeness (QED) is 0.768. The van der Waals surface area contributed by atoms with Crippen molar-refractivity contribution in [2.24, 2.45) is 5.92 Å². The molecule has 1 aliphatic heterocycles. The van der Waals surface area contributed by atoms with E-state index in [0.29, 0.717) is 12.5 Å². The van der Waals surface area contributed by atoms with Crippen LogP contribution in [0.2, 0.25) is 0 Å². The summed E-state index contributed by atoms with van der Waals surface area (Å²) in [4.78, 5) is 23.8. The van der Waals surface area contributed by atoms with E-state index < -0.39 is 5.97 Å². The second-order valence-electron chi connectivity index (χ2n) is 4.60. The first-order chi connectivity index (χ1) is 8.54. The highest BCUT2D eigenvalue weighted by Gasteiger charge is 2.24. The first-order valence-electron chi connectivity index (χ1n) is 6.39. The van der Waals surface area contributed by atoms with Gasteiger partial charge in [0, 0.05) is 25.8 Å². The number of nitrogens with one attached hydrogen (secondary N) is 1. The monoisotopic (exact) mass is 258 g/mol. The van der Waals surface area contributed by atoms with Crippen LogP contribution in [0, 0.1) is 5.92 Å². The zero-order valence-electron chi connectivity index (χ0n) is 11.0. The van der Waals surface area contributed by atoms with Crippen LogP contribution in [0.1, 0.15) is 26.7 Å². The van der Waals surface area contributed by atoms with E-state index in [1.807, 2.05) is 6.92 Å². The Morgan fingerprint density at radius 3 is 2.56 bits per heavy atom. The van der Waals surface area contributed by atoms with E-state index in [9.17, 15) is 9.59 Å². The van der Waals surface area contributed by atoms with Crippen molar-refractivity contribution in [1.82, 2.24) is 10.2 Å². The lowest BCUT2D eigenvalue weighted by Gasteiger charge is -2.30. The Hall–Kier alpha value is -1.30. The van der Waals surface area contributed by atoms with E-state index in [2.05, 4.69) is 5.32 Å². The molecule has 1 atom stereocenters. The fourth-order valence-electron chi connectivity index (χ4n) is 2.11. The van der Waals surface area contributed by atoms with Gasteiger partial charge >= 0.3 is 12.0 Å². The van der Waals surface area contributed by atoms with Crippen molar-refractivity contribution in [3.05, 3.63) is 0 Å². The van der Waals surface area contributed by atoms with Gasteiger partial charge in [-0.1, -0.05) is 0 Å². The molecule has 2 N–H and O–H groups in total. The third-order valence-electron chi connectivity index (χ3n) is 3.32. The van der Waals surface area contributed by atoms with Crippen LogP contribution in [0.15, 0.2) is 0 Å². The molecule has 0 saturated carbocycles. The Morgan fingerprint density at radius 1 is 1.44 bits per heavy atom. The summed E-state index contributed by atoms with van der Waals surface area (Å²) in [6.07, 6.45) is 1.87. The summed E-state index contributed by atoms with van der Waals surface area (Å²) in [6.45, 7) is 5.32. The van der Waals surface area contributed by atoms with Crippen molar-refractivity contribution in [2.75, 3.05) is 26.3 Å². The summed E-state index contributed by atoms with van der Waals surface area (Å²) < 4.78 is 5.28. The predicted molar refractivity (Wildman–Crippen MR) is 66.4 cm³/mol. The normalized spacial score (nSPS) is 18.1. The van der Waals surface area contributed by atoms with Gasteiger partial charge in [-0.3, -0.25) is 4.79 Å². The maximum absolute atomic E-state index is 11.9. The molecule has 1 aliphatic rings. The van der Waals surface area contributed by atoms with Gasteiger partial charge < -0.3 is 20.1 Å². The molecule has 104 valence electrons. The Morgan fingerprint density at radius 2 is 2.06 bits per heavy atom. The molecule has 6 nitrogen and oxygen atoms in total. The summed E-state index contributed by atoms with van der Waals surface area (Å²) in [7, 11) is 0. The van der Waals surface area contributed by atoms with Crippen molar-refractivity contribution in [2.45, 2.75) is 32.7 Å². The molecule has 1 unspecified atom stereocenters. The lowest BCUT2D eigenvalue weighted by atomic mass is 9.93. The third kappa shape index (κ3) is 4.52. The van der Waals surface area contributed by atoms with E-state index in [1.54, 1.807) is 6.92 Å².